The van der Waals surface area contributed by atoms with E-state index in [9.17, 15) is 0 Å². The normalized spacial score (nSPS) is 18.3. The second-order valence-electron chi connectivity index (χ2n) is 6.16. The van der Waals surface area contributed by atoms with Gasteiger partial charge in [-0.15, -0.1) is 0 Å². The highest BCUT2D eigenvalue weighted by Gasteiger charge is 2.31. The van der Waals surface area contributed by atoms with Gasteiger partial charge in [0.2, 0.25) is 0 Å². The van der Waals surface area contributed by atoms with Gasteiger partial charge in [0, 0.05) is 6.04 Å². The molecule has 24 heavy (non-hydrogen) atoms. The lowest BCUT2D eigenvalue weighted by atomic mass is 10.1. The summed E-state index contributed by atoms with van der Waals surface area (Å²) in [5.41, 5.74) is 1.36. The summed E-state index contributed by atoms with van der Waals surface area (Å²) in [6.07, 6.45) is 2.10. The maximum atomic E-state index is 5.80. The van der Waals surface area contributed by atoms with Crippen molar-refractivity contribution in [1.29, 1.82) is 0 Å². The third kappa shape index (κ3) is 4.48. The molecule has 3 nitrogen and oxygen atoms in total. The molecule has 0 bridgehead atoms. The summed E-state index contributed by atoms with van der Waals surface area (Å²) in [5, 5.41) is 0.595. The number of hydrogen-bond donors (Lipinski definition) is 0. The number of rotatable bonds is 7. The summed E-state index contributed by atoms with van der Waals surface area (Å²) >= 11 is 5.40. The predicted molar refractivity (Wildman–Crippen MR) is 100 cm³/mol. The maximum absolute atomic E-state index is 5.80. The Morgan fingerprint density at radius 1 is 1.12 bits per heavy atom. The van der Waals surface area contributed by atoms with E-state index in [1.165, 1.54) is 5.56 Å². The summed E-state index contributed by atoms with van der Waals surface area (Å²) in [5.74, 6) is 0.864. The topological polar surface area (TPSA) is 21.7 Å². The van der Waals surface area contributed by atoms with Crippen molar-refractivity contribution in [2.75, 3.05) is 13.2 Å². The van der Waals surface area contributed by atoms with Gasteiger partial charge in [-0.05, 0) is 49.7 Å². The molecule has 4 heteroatoms. The molecule has 2 aromatic rings. The Morgan fingerprint density at radius 2 is 1.79 bits per heavy atom. The minimum Gasteiger partial charge on any atom is -0.490 e. The lowest BCUT2D eigenvalue weighted by molar-refractivity contribution is 0.147. The van der Waals surface area contributed by atoms with Crippen LogP contribution in [0.1, 0.15) is 18.9 Å². The van der Waals surface area contributed by atoms with Gasteiger partial charge >= 0.3 is 0 Å². The zero-order valence-corrected chi connectivity index (χ0v) is 14.7. The molecule has 0 unspecified atom stereocenters. The molecular weight excluding hydrogens is 318 g/mol. The maximum Gasteiger partial charge on any atom is 0.260 e. The van der Waals surface area contributed by atoms with Crippen molar-refractivity contribution in [1.82, 2.24) is 4.90 Å². The van der Waals surface area contributed by atoms with Crippen molar-refractivity contribution in [2.45, 2.75) is 31.9 Å². The van der Waals surface area contributed by atoms with Crippen LogP contribution in [0.2, 0.25) is 0 Å². The van der Waals surface area contributed by atoms with Crippen LogP contribution in [0, 0.1) is 0 Å². The number of ether oxygens (including phenoxy) is 2. The summed E-state index contributed by atoms with van der Waals surface area (Å²) in [4.78, 5) is 2.18. The highest BCUT2D eigenvalue weighted by molar-refractivity contribution is 7.80. The van der Waals surface area contributed by atoms with Crippen molar-refractivity contribution in [3.8, 4) is 5.75 Å². The molecule has 126 valence electrons. The van der Waals surface area contributed by atoms with E-state index in [0.717, 1.165) is 25.1 Å². The van der Waals surface area contributed by atoms with E-state index in [0.29, 0.717) is 17.8 Å². The fraction of sp³-hybridized carbons (Fsp3) is 0.350. The van der Waals surface area contributed by atoms with Crippen LogP contribution in [0.25, 0.3) is 0 Å². The first-order chi connectivity index (χ1) is 11.7. The molecule has 2 atom stereocenters. The zero-order valence-electron chi connectivity index (χ0n) is 13.9. The number of thiocarbonyl (C=S) groups is 1. The van der Waals surface area contributed by atoms with E-state index in [-0.39, 0.29) is 6.10 Å². The monoisotopic (exact) mass is 341 g/mol. The Hall–Kier alpha value is -2.07. The van der Waals surface area contributed by atoms with Crippen LogP contribution in [-0.4, -0.2) is 35.4 Å². The van der Waals surface area contributed by atoms with Crippen LogP contribution in [-0.2, 0) is 11.2 Å². The number of benzene rings is 2. The molecule has 1 aliphatic heterocycles. The molecule has 0 amide bonds. The standard InChI is InChI=1S/C20H23NO2S/c1-16(12-13-17-8-4-2-5-9-17)21-14-19(23-20(21)24)15-22-18-10-6-3-7-11-18/h2-11,16,19H,12-15H2,1H3/t16-,19-/m1/s1. The lowest BCUT2D eigenvalue weighted by Gasteiger charge is -2.23. The van der Waals surface area contributed by atoms with Crippen LogP contribution in [0.15, 0.2) is 60.7 Å². The average Bonchev–Trinajstić information content (AvgIpc) is 3.00. The molecule has 2 aromatic carbocycles. The van der Waals surface area contributed by atoms with Gasteiger partial charge in [0.05, 0.1) is 6.54 Å². The molecule has 3 rings (SSSR count). The quantitative estimate of drug-likeness (QED) is 0.708. The number of hydrogen-bond acceptors (Lipinski definition) is 3. The highest BCUT2D eigenvalue weighted by atomic mass is 32.1. The summed E-state index contributed by atoms with van der Waals surface area (Å²) in [6.45, 7) is 3.52. The second-order valence-corrected chi connectivity index (χ2v) is 6.50. The van der Waals surface area contributed by atoms with E-state index in [1.54, 1.807) is 0 Å². The van der Waals surface area contributed by atoms with Gasteiger partial charge in [-0.2, -0.15) is 0 Å². The molecule has 1 aliphatic rings. The van der Waals surface area contributed by atoms with Gasteiger partial charge in [-0.1, -0.05) is 48.5 Å². The second kappa shape index (κ2) is 8.15. The van der Waals surface area contributed by atoms with Gasteiger partial charge in [0.1, 0.15) is 12.4 Å². The lowest BCUT2D eigenvalue weighted by Crippen LogP contribution is -2.35. The van der Waals surface area contributed by atoms with Gasteiger partial charge in [-0.25, -0.2) is 0 Å². The fourth-order valence-electron chi connectivity index (χ4n) is 2.87. The zero-order chi connectivity index (χ0) is 16.8. The number of nitrogens with zero attached hydrogens (tertiary/aromatic N) is 1. The van der Waals surface area contributed by atoms with Crippen molar-refractivity contribution in [2.24, 2.45) is 0 Å². The third-order valence-corrected chi connectivity index (χ3v) is 4.64. The molecular formula is C20H23NO2S. The molecule has 1 saturated heterocycles. The Kier molecular flexibility index (Phi) is 5.70. The molecule has 0 radical (unpaired) electrons. The molecule has 1 fully saturated rings. The molecule has 0 saturated carbocycles. The Labute approximate surface area is 149 Å². The van der Waals surface area contributed by atoms with Crippen molar-refractivity contribution in [3.05, 3.63) is 66.2 Å². The van der Waals surface area contributed by atoms with Crippen molar-refractivity contribution in [3.63, 3.8) is 0 Å². The molecule has 0 spiro atoms. The third-order valence-electron chi connectivity index (χ3n) is 4.31. The van der Waals surface area contributed by atoms with Crippen LogP contribution >= 0.6 is 12.2 Å². The largest absolute Gasteiger partial charge is 0.490 e. The number of para-hydroxylation sites is 1. The smallest absolute Gasteiger partial charge is 0.260 e. The van der Waals surface area contributed by atoms with Crippen LogP contribution < -0.4 is 4.74 Å². The molecule has 0 aliphatic carbocycles. The van der Waals surface area contributed by atoms with E-state index in [4.69, 9.17) is 21.7 Å². The van der Waals surface area contributed by atoms with Gasteiger partial charge in [0.25, 0.3) is 5.17 Å². The first-order valence-electron chi connectivity index (χ1n) is 8.41. The van der Waals surface area contributed by atoms with Gasteiger partial charge < -0.3 is 14.4 Å². The molecule has 1 heterocycles. The first-order valence-corrected chi connectivity index (χ1v) is 8.82. The summed E-state index contributed by atoms with van der Waals surface area (Å²) < 4.78 is 11.6. The minimum absolute atomic E-state index is 0.00289. The first kappa shape index (κ1) is 16.8. The van der Waals surface area contributed by atoms with Crippen LogP contribution in [0.3, 0.4) is 0 Å². The minimum atomic E-state index is -0.00289. The van der Waals surface area contributed by atoms with Crippen LogP contribution in [0.5, 0.6) is 5.75 Å². The fourth-order valence-corrected chi connectivity index (χ4v) is 3.26. The van der Waals surface area contributed by atoms with Crippen molar-refractivity contribution < 1.29 is 9.47 Å². The predicted octanol–water partition coefficient (Wildman–Crippen LogP) is 4.07. The molecule has 0 aromatic heterocycles. The summed E-state index contributed by atoms with van der Waals surface area (Å²) in [7, 11) is 0. The summed E-state index contributed by atoms with van der Waals surface area (Å²) in [6, 6.07) is 20.7. The van der Waals surface area contributed by atoms with Crippen molar-refractivity contribution >= 4 is 17.4 Å². The van der Waals surface area contributed by atoms with E-state index in [2.05, 4.69) is 36.1 Å². The Balaban J connectivity index is 1.47. The van der Waals surface area contributed by atoms with E-state index >= 15 is 0 Å². The van der Waals surface area contributed by atoms with E-state index in [1.807, 2.05) is 36.4 Å². The molecule has 0 N–H and O–H groups in total. The van der Waals surface area contributed by atoms with Gasteiger partial charge in [-0.3, -0.25) is 0 Å². The van der Waals surface area contributed by atoms with Crippen LogP contribution in [0.4, 0.5) is 0 Å². The Morgan fingerprint density at radius 3 is 2.50 bits per heavy atom. The SMILES string of the molecule is C[C@H](CCc1ccccc1)N1C[C@H](COc2ccccc2)OC1=S. The Bertz CT molecular complexity index is 647. The highest BCUT2D eigenvalue weighted by Crippen LogP contribution is 2.19. The van der Waals surface area contributed by atoms with E-state index < -0.39 is 0 Å². The van der Waals surface area contributed by atoms with Gasteiger partial charge in [0.15, 0.2) is 6.10 Å². The average molecular weight is 341 g/mol. The number of aryl methyl sites for hydroxylation is 1.